The Balaban J connectivity index is 2.16. The van der Waals surface area contributed by atoms with Crippen LogP contribution < -0.4 is 5.32 Å². The van der Waals surface area contributed by atoms with E-state index in [0.29, 0.717) is 6.54 Å². The summed E-state index contributed by atoms with van der Waals surface area (Å²) in [7, 11) is 0. The third-order valence-corrected chi connectivity index (χ3v) is 3.13. The van der Waals surface area contributed by atoms with Crippen molar-refractivity contribution in [3.63, 3.8) is 0 Å². The number of hydrogen-bond donors (Lipinski definition) is 1. The Morgan fingerprint density at radius 3 is 3.00 bits per heavy atom. The zero-order valence-corrected chi connectivity index (χ0v) is 10.9. The molecule has 2 amide bonds. The number of hydrogen-bond acceptors (Lipinski definition) is 3. The molecule has 0 aromatic carbocycles. The lowest BCUT2D eigenvalue weighted by Crippen LogP contribution is -2.56. The van der Waals surface area contributed by atoms with Crippen molar-refractivity contribution < 1.29 is 9.59 Å². The highest BCUT2D eigenvalue weighted by Crippen LogP contribution is 2.14. The SMILES string of the molecule is CC1C(=O)NCC(=O)N1Cc1cncc(Br)c1. The Kier molecular flexibility index (Phi) is 3.42. The van der Waals surface area contributed by atoms with Gasteiger partial charge in [-0.15, -0.1) is 0 Å². The van der Waals surface area contributed by atoms with Crippen LogP contribution in [0.3, 0.4) is 0 Å². The first-order valence-electron chi connectivity index (χ1n) is 5.24. The molecule has 1 aliphatic rings. The molecule has 5 nitrogen and oxygen atoms in total. The third-order valence-electron chi connectivity index (χ3n) is 2.70. The summed E-state index contributed by atoms with van der Waals surface area (Å²) in [5.74, 6) is -0.190. The van der Waals surface area contributed by atoms with Crippen LogP contribution >= 0.6 is 15.9 Å². The first kappa shape index (κ1) is 12.0. The second-order valence-corrected chi connectivity index (χ2v) is 4.84. The quantitative estimate of drug-likeness (QED) is 0.874. The summed E-state index contributed by atoms with van der Waals surface area (Å²) in [4.78, 5) is 28.8. The molecule has 1 atom stereocenters. The minimum absolute atomic E-state index is 0.0722. The van der Waals surface area contributed by atoms with E-state index in [0.717, 1.165) is 10.0 Å². The molecule has 6 heteroatoms. The minimum Gasteiger partial charge on any atom is -0.345 e. The van der Waals surface area contributed by atoms with Crippen LogP contribution in [0.25, 0.3) is 0 Å². The van der Waals surface area contributed by atoms with E-state index in [9.17, 15) is 9.59 Å². The topological polar surface area (TPSA) is 62.3 Å². The van der Waals surface area contributed by atoms with Gasteiger partial charge >= 0.3 is 0 Å². The van der Waals surface area contributed by atoms with Crippen molar-refractivity contribution in [3.8, 4) is 0 Å². The number of aromatic nitrogens is 1. The average molecular weight is 298 g/mol. The fourth-order valence-electron chi connectivity index (χ4n) is 1.73. The van der Waals surface area contributed by atoms with E-state index in [1.54, 1.807) is 24.2 Å². The number of piperazine rings is 1. The number of pyridine rings is 1. The van der Waals surface area contributed by atoms with Crippen LogP contribution in [0, 0.1) is 0 Å². The van der Waals surface area contributed by atoms with Gasteiger partial charge in [-0.25, -0.2) is 0 Å². The van der Waals surface area contributed by atoms with Gasteiger partial charge in [0.25, 0.3) is 0 Å². The van der Waals surface area contributed by atoms with Gasteiger partial charge < -0.3 is 10.2 Å². The molecule has 17 heavy (non-hydrogen) atoms. The van der Waals surface area contributed by atoms with Crippen LogP contribution in [0.5, 0.6) is 0 Å². The molecule has 0 saturated carbocycles. The normalized spacial score (nSPS) is 20.4. The summed E-state index contributed by atoms with van der Waals surface area (Å²) in [5.41, 5.74) is 0.897. The van der Waals surface area contributed by atoms with Gasteiger partial charge in [-0.1, -0.05) is 0 Å². The van der Waals surface area contributed by atoms with E-state index in [1.165, 1.54) is 0 Å². The number of rotatable bonds is 2. The molecule has 90 valence electrons. The fourth-order valence-corrected chi connectivity index (χ4v) is 2.15. The van der Waals surface area contributed by atoms with Gasteiger partial charge in [-0.05, 0) is 34.5 Å². The van der Waals surface area contributed by atoms with Gasteiger partial charge in [-0.3, -0.25) is 14.6 Å². The van der Waals surface area contributed by atoms with Crippen molar-refractivity contribution in [2.45, 2.75) is 19.5 Å². The van der Waals surface area contributed by atoms with Gasteiger partial charge in [0.15, 0.2) is 0 Å². The van der Waals surface area contributed by atoms with E-state index < -0.39 is 6.04 Å². The molecule has 2 heterocycles. The summed E-state index contributed by atoms with van der Waals surface area (Å²) < 4.78 is 0.858. The molecule has 0 radical (unpaired) electrons. The molecule has 1 aromatic rings. The van der Waals surface area contributed by atoms with E-state index in [-0.39, 0.29) is 18.4 Å². The zero-order chi connectivity index (χ0) is 12.4. The molecular weight excluding hydrogens is 286 g/mol. The van der Waals surface area contributed by atoms with E-state index in [2.05, 4.69) is 26.2 Å². The summed E-state index contributed by atoms with van der Waals surface area (Å²) in [6.45, 7) is 2.20. The molecule has 0 bridgehead atoms. The predicted octanol–water partition coefficient (Wildman–Crippen LogP) is 0.691. The lowest BCUT2D eigenvalue weighted by molar-refractivity contribution is -0.145. The first-order valence-corrected chi connectivity index (χ1v) is 6.04. The lowest BCUT2D eigenvalue weighted by Gasteiger charge is -2.32. The molecule has 1 aliphatic heterocycles. The number of carbonyl (C=O) groups excluding carboxylic acids is 2. The Hall–Kier alpha value is -1.43. The van der Waals surface area contributed by atoms with Crippen LogP contribution in [-0.4, -0.2) is 34.3 Å². The lowest BCUT2D eigenvalue weighted by atomic mass is 10.1. The summed E-state index contributed by atoms with van der Waals surface area (Å²) in [5, 5.41) is 2.55. The maximum atomic E-state index is 11.7. The maximum absolute atomic E-state index is 11.7. The highest BCUT2D eigenvalue weighted by atomic mass is 79.9. The fraction of sp³-hybridized carbons (Fsp3) is 0.364. The van der Waals surface area contributed by atoms with Crippen molar-refractivity contribution in [1.82, 2.24) is 15.2 Å². The van der Waals surface area contributed by atoms with Gasteiger partial charge in [0.2, 0.25) is 11.8 Å². The number of halogens is 1. The molecule has 1 aromatic heterocycles. The van der Waals surface area contributed by atoms with E-state index >= 15 is 0 Å². The van der Waals surface area contributed by atoms with Crippen molar-refractivity contribution in [2.24, 2.45) is 0 Å². The highest BCUT2D eigenvalue weighted by molar-refractivity contribution is 9.10. The van der Waals surface area contributed by atoms with Crippen LogP contribution in [0.4, 0.5) is 0 Å². The minimum atomic E-state index is -0.435. The average Bonchev–Trinajstić information content (AvgIpc) is 2.30. The Morgan fingerprint density at radius 1 is 1.53 bits per heavy atom. The molecule has 1 unspecified atom stereocenters. The molecular formula is C11H12BrN3O2. The zero-order valence-electron chi connectivity index (χ0n) is 9.31. The van der Waals surface area contributed by atoms with Crippen LogP contribution in [0.2, 0.25) is 0 Å². The highest BCUT2D eigenvalue weighted by Gasteiger charge is 2.30. The Bertz CT molecular complexity index is 464. The third kappa shape index (κ3) is 2.63. The Morgan fingerprint density at radius 2 is 2.29 bits per heavy atom. The molecule has 0 spiro atoms. The van der Waals surface area contributed by atoms with E-state index in [1.807, 2.05) is 6.07 Å². The summed E-state index contributed by atoms with van der Waals surface area (Å²) in [6.07, 6.45) is 3.37. The smallest absolute Gasteiger partial charge is 0.242 e. The van der Waals surface area contributed by atoms with Crippen LogP contribution in [0.15, 0.2) is 22.9 Å². The van der Waals surface area contributed by atoms with Gasteiger partial charge in [0.05, 0.1) is 6.54 Å². The number of carbonyl (C=O) groups is 2. The van der Waals surface area contributed by atoms with Crippen molar-refractivity contribution in [2.75, 3.05) is 6.54 Å². The molecule has 1 saturated heterocycles. The molecule has 0 aliphatic carbocycles. The van der Waals surface area contributed by atoms with Gasteiger partial charge in [0.1, 0.15) is 6.04 Å². The monoisotopic (exact) mass is 297 g/mol. The van der Waals surface area contributed by atoms with Crippen molar-refractivity contribution in [3.05, 3.63) is 28.5 Å². The molecule has 1 N–H and O–H groups in total. The second kappa shape index (κ2) is 4.83. The number of nitrogens with zero attached hydrogens (tertiary/aromatic N) is 2. The van der Waals surface area contributed by atoms with Crippen LogP contribution in [-0.2, 0) is 16.1 Å². The number of amides is 2. The largest absolute Gasteiger partial charge is 0.345 e. The molecule has 2 rings (SSSR count). The van der Waals surface area contributed by atoms with Gasteiger partial charge in [-0.2, -0.15) is 0 Å². The van der Waals surface area contributed by atoms with Crippen molar-refractivity contribution >= 4 is 27.7 Å². The first-order chi connectivity index (χ1) is 8.08. The van der Waals surface area contributed by atoms with E-state index in [4.69, 9.17) is 0 Å². The maximum Gasteiger partial charge on any atom is 0.242 e. The van der Waals surface area contributed by atoms with Crippen LogP contribution in [0.1, 0.15) is 12.5 Å². The summed E-state index contributed by atoms with van der Waals surface area (Å²) in [6, 6.07) is 1.45. The standard InChI is InChI=1S/C11H12BrN3O2/c1-7-11(17)14-5-10(16)15(7)6-8-2-9(12)4-13-3-8/h2-4,7H,5-6H2,1H3,(H,14,17). The van der Waals surface area contributed by atoms with Gasteiger partial charge in [0, 0.05) is 23.4 Å². The molecule has 1 fully saturated rings. The Labute approximate surface area is 107 Å². The predicted molar refractivity (Wildman–Crippen MR) is 65.0 cm³/mol. The van der Waals surface area contributed by atoms with Crippen molar-refractivity contribution in [1.29, 1.82) is 0 Å². The second-order valence-electron chi connectivity index (χ2n) is 3.93. The summed E-state index contributed by atoms with van der Waals surface area (Å²) >= 11 is 3.32. The number of nitrogens with one attached hydrogen (secondary N) is 1.